The van der Waals surface area contributed by atoms with Gasteiger partial charge in [0.2, 0.25) is 0 Å². The fourth-order valence-electron chi connectivity index (χ4n) is 1.43. The van der Waals surface area contributed by atoms with E-state index in [9.17, 15) is 0 Å². The molecule has 0 saturated heterocycles. The van der Waals surface area contributed by atoms with Gasteiger partial charge in [0.15, 0.2) is 5.82 Å². The van der Waals surface area contributed by atoms with E-state index in [2.05, 4.69) is 55.7 Å². The fourth-order valence-corrected chi connectivity index (χ4v) is 3.70. The number of thiophene rings is 1. The van der Waals surface area contributed by atoms with Crippen LogP contribution in [-0.2, 0) is 0 Å². The number of aromatic nitrogens is 2. The monoisotopic (exact) mass is 409 g/mol. The first-order chi connectivity index (χ1) is 8.40. The summed E-state index contributed by atoms with van der Waals surface area (Å²) in [5, 5.41) is 0. The van der Waals surface area contributed by atoms with Crippen molar-refractivity contribution in [3.63, 3.8) is 0 Å². The van der Waals surface area contributed by atoms with Gasteiger partial charge in [-0.15, -0.1) is 11.3 Å². The number of nitrogens with two attached hydrogens (primary N) is 1. The molecule has 3 nitrogen and oxygen atoms in total. The van der Waals surface area contributed by atoms with Crippen LogP contribution >= 0.6 is 54.8 Å². The number of nitrogens with zero attached hydrogens (tertiary/aromatic N) is 2. The third-order valence-electron chi connectivity index (χ3n) is 2.31. The lowest BCUT2D eigenvalue weighted by atomic mass is 10.1. The Kier molecular flexibility index (Phi) is 4.31. The summed E-state index contributed by atoms with van der Waals surface area (Å²) in [5.74, 6) is 1.32. The molecule has 96 valence electrons. The molecule has 2 heterocycles. The van der Waals surface area contributed by atoms with E-state index in [0.717, 1.165) is 19.5 Å². The summed E-state index contributed by atoms with van der Waals surface area (Å²) in [5.41, 5.74) is 6.80. The zero-order valence-electron chi connectivity index (χ0n) is 9.67. The van der Waals surface area contributed by atoms with Crippen molar-refractivity contribution >= 4 is 60.6 Å². The van der Waals surface area contributed by atoms with E-state index in [0.29, 0.717) is 16.0 Å². The third-order valence-corrected chi connectivity index (χ3v) is 5.60. The summed E-state index contributed by atoms with van der Waals surface area (Å²) in [4.78, 5) is 9.74. The van der Waals surface area contributed by atoms with Crippen LogP contribution in [0.25, 0.3) is 10.7 Å². The van der Waals surface area contributed by atoms with Crippen molar-refractivity contribution < 1.29 is 0 Å². The molecule has 2 N–H and O–H groups in total. The Morgan fingerprint density at radius 3 is 2.50 bits per heavy atom. The third kappa shape index (κ3) is 2.71. The summed E-state index contributed by atoms with van der Waals surface area (Å²) in [6, 6.07) is 1.90. The van der Waals surface area contributed by atoms with Gasteiger partial charge < -0.3 is 5.73 Å². The van der Waals surface area contributed by atoms with E-state index in [1.807, 2.05) is 6.07 Å². The molecule has 2 rings (SSSR count). The molecule has 0 unspecified atom stereocenters. The van der Waals surface area contributed by atoms with Crippen molar-refractivity contribution in [1.82, 2.24) is 9.97 Å². The van der Waals surface area contributed by atoms with Crippen LogP contribution in [-0.4, -0.2) is 9.97 Å². The Hall–Kier alpha value is -0.170. The van der Waals surface area contributed by atoms with Crippen LogP contribution in [0.1, 0.15) is 25.5 Å². The molecule has 0 aliphatic rings. The highest BCUT2D eigenvalue weighted by Crippen LogP contribution is 2.38. The van der Waals surface area contributed by atoms with Gasteiger partial charge in [-0.1, -0.05) is 25.4 Å². The zero-order valence-corrected chi connectivity index (χ0v) is 14.4. The van der Waals surface area contributed by atoms with E-state index < -0.39 is 0 Å². The Morgan fingerprint density at radius 2 is 2.00 bits per heavy atom. The van der Waals surface area contributed by atoms with E-state index >= 15 is 0 Å². The quantitative estimate of drug-likeness (QED) is 0.749. The SMILES string of the molecule is CC(C)c1nc(-c2cc(Br)c(Cl)s2)nc(N)c1Br. The summed E-state index contributed by atoms with van der Waals surface area (Å²) < 4.78 is 2.30. The second kappa shape index (κ2) is 5.45. The number of anilines is 1. The number of hydrogen-bond donors (Lipinski definition) is 1. The molecule has 0 radical (unpaired) electrons. The summed E-state index contributed by atoms with van der Waals surface area (Å²) in [6.45, 7) is 4.13. The molecule has 7 heteroatoms. The van der Waals surface area contributed by atoms with Crippen LogP contribution in [0.5, 0.6) is 0 Å². The van der Waals surface area contributed by atoms with Crippen LogP contribution in [0.3, 0.4) is 0 Å². The summed E-state index contributed by atoms with van der Waals surface area (Å²) >= 11 is 14.3. The molecule has 2 aromatic rings. The van der Waals surface area contributed by atoms with Gasteiger partial charge in [-0.3, -0.25) is 0 Å². The summed E-state index contributed by atoms with van der Waals surface area (Å²) in [7, 11) is 0. The van der Waals surface area contributed by atoms with Gasteiger partial charge in [0, 0.05) is 4.47 Å². The molecule has 0 aliphatic carbocycles. The Morgan fingerprint density at radius 1 is 1.33 bits per heavy atom. The van der Waals surface area contributed by atoms with Crippen LogP contribution in [0.15, 0.2) is 15.0 Å². The van der Waals surface area contributed by atoms with Gasteiger partial charge in [0.05, 0.1) is 15.0 Å². The van der Waals surface area contributed by atoms with Gasteiger partial charge in [0.1, 0.15) is 10.2 Å². The first kappa shape index (κ1) is 14.2. The highest BCUT2D eigenvalue weighted by atomic mass is 79.9. The van der Waals surface area contributed by atoms with Gasteiger partial charge in [-0.05, 0) is 43.8 Å². The topological polar surface area (TPSA) is 51.8 Å². The molecule has 0 atom stereocenters. The molecule has 0 spiro atoms. The Labute approximate surface area is 131 Å². The Balaban J connectivity index is 2.58. The van der Waals surface area contributed by atoms with Crippen molar-refractivity contribution in [3.05, 3.63) is 25.0 Å². The smallest absolute Gasteiger partial charge is 0.172 e. The van der Waals surface area contributed by atoms with Crippen molar-refractivity contribution in [2.45, 2.75) is 19.8 Å². The van der Waals surface area contributed by atoms with Crippen molar-refractivity contribution in [3.8, 4) is 10.7 Å². The van der Waals surface area contributed by atoms with Gasteiger partial charge >= 0.3 is 0 Å². The largest absolute Gasteiger partial charge is 0.383 e. The minimum atomic E-state index is 0.266. The standard InChI is InChI=1S/C11H10Br2ClN3S/c1-4(2)8-7(13)10(15)17-11(16-8)6-3-5(12)9(14)18-6/h3-4H,1-2H3,(H2,15,16,17). The highest BCUT2D eigenvalue weighted by molar-refractivity contribution is 9.11. The van der Waals surface area contributed by atoms with Crippen molar-refractivity contribution in [2.75, 3.05) is 5.73 Å². The van der Waals surface area contributed by atoms with Crippen LogP contribution < -0.4 is 5.73 Å². The fraction of sp³-hybridized carbons (Fsp3) is 0.273. The molecule has 0 aliphatic heterocycles. The molecular formula is C11H10Br2ClN3S. The highest BCUT2D eigenvalue weighted by Gasteiger charge is 2.16. The second-order valence-corrected chi connectivity index (χ2v) is 7.32. The van der Waals surface area contributed by atoms with Crippen molar-refractivity contribution in [2.24, 2.45) is 0 Å². The number of hydrogen-bond acceptors (Lipinski definition) is 4. The molecular weight excluding hydrogens is 401 g/mol. The lowest BCUT2D eigenvalue weighted by Gasteiger charge is -2.10. The van der Waals surface area contributed by atoms with E-state index in [4.69, 9.17) is 17.3 Å². The predicted molar refractivity (Wildman–Crippen MR) is 84.3 cm³/mol. The zero-order chi connectivity index (χ0) is 13.4. The number of nitrogen functional groups attached to an aromatic ring is 1. The normalized spacial score (nSPS) is 11.2. The van der Waals surface area contributed by atoms with Crippen molar-refractivity contribution in [1.29, 1.82) is 0 Å². The molecule has 2 aromatic heterocycles. The molecule has 0 saturated carbocycles. The van der Waals surface area contributed by atoms with E-state index in [-0.39, 0.29) is 5.92 Å². The minimum Gasteiger partial charge on any atom is -0.383 e. The van der Waals surface area contributed by atoms with Gasteiger partial charge in [-0.25, -0.2) is 9.97 Å². The van der Waals surface area contributed by atoms with Crippen LogP contribution in [0, 0.1) is 0 Å². The van der Waals surface area contributed by atoms with E-state index in [1.54, 1.807) is 0 Å². The maximum atomic E-state index is 6.03. The maximum absolute atomic E-state index is 6.03. The van der Waals surface area contributed by atoms with Gasteiger partial charge in [-0.2, -0.15) is 0 Å². The lowest BCUT2D eigenvalue weighted by Crippen LogP contribution is -2.03. The average molecular weight is 412 g/mol. The van der Waals surface area contributed by atoms with Crippen LogP contribution in [0.2, 0.25) is 4.34 Å². The average Bonchev–Trinajstić information content (AvgIpc) is 2.62. The lowest BCUT2D eigenvalue weighted by molar-refractivity contribution is 0.811. The number of rotatable bonds is 2. The van der Waals surface area contributed by atoms with E-state index in [1.165, 1.54) is 11.3 Å². The number of halogens is 3. The molecule has 0 amide bonds. The van der Waals surface area contributed by atoms with Crippen LogP contribution in [0.4, 0.5) is 5.82 Å². The molecule has 18 heavy (non-hydrogen) atoms. The van der Waals surface area contributed by atoms with Gasteiger partial charge in [0.25, 0.3) is 0 Å². The first-order valence-corrected chi connectivity index (χ1v) is 7.96. The molecule has 0 fully saturated rings. The second-order valence-electron chi connectivity index (χ2n) is 4.02. The summed E-state index contributed by atoms with van der Waals surface area (Å²) in [6.07, 6.45) is 0. The maximum Gasteiger partial charge on any atom is 0.172 e. The minimum absolute atomic E-state index is 0.266. The Bertz CT molecular complexity index is 579. The first-order valence-electron chi connectivity index (χ1n) is 5.18. The molecule has 0 aromatic carbocycles. The predicted octanol–water partition coefficient (Wildman–Crippen LogP) is 5.09. The molecule has 0 bridgehead atoms.